The first-order valence-corrected chi connectivity index (χ1v) is 10.9. The number of nitrogens with one attached hydrogen (secondary N) is 1. The summed E-state index contributed by atoms with van der Waals surface area (Å²) < 4.78 is 11.8. The SMILES string of the molecule is COc1cc(/C=N\NC(=O)c2ccc(O)cc2)ccc1OC(=O)c1sc2ccccc2c1Cl. The minimum atomic E-state index is -0.581. The number of phenols is 1. The number of carbonyl (C=O) groups is 2. The summed E-state index contributed by atoms with van der Waals surface area (Å²) in [5.74, 6) is -0.403. The van der Waals surface area contributed by atoms with Crippen molar-refractivity contribution >= 4 is 51.1 Å². The molecule has 4 aromatic rings. The number of thiophene rings is 1. The molecule has 0 unspecified atom stereocenters. The molecule has 0 atom stereocenters. The lowest BCUT2D eigenvalue weighted by molar-refractivity contribution is 0.0734. The third kappa shape index (κ3) is 4.97. The first-order valence-electron chi connectivity index (χ1n) is 9.66. The van der Waals surface area contributed by atoms with Crippen LogP contribution in [0, 0.1) is 0 Å². The molecule has 3 aromatic carbocycles. The fourth-order valence-corrected chi connectivity index (χ4v) is 4.37. The number of aromatic hydroxyl groups is 1. The number of hydrazone groups is 1. The number of benzene rings is 3. The van der Waals surface area contributed by atoms with Gasteiger partial charge in [-0.25, -0.2) is 10.2 Å². The molecule has 1 amide bonds. The fraction of sp³-hybridized carbons (Fsp3) is 0.0417. The van der Waals surface area contributed by atoms with Crippen molar-refractivity contribution in [3.8, 4) is 17.2 Å². The van der Waals surface area contributed by atoms with Crippen LogP contribution in [-0.2, 0) is 0 Å². The van der Waals surface area contributed by atoms with E-state index in [0.29, 0.717) is 26.8 Å². The molecule has 33 heavy (non-hydrogen) atoms. The van der Waals surface area contributed by atoms with Gasteiger partial charge in [-0.15, -0.1) is 11.3 Å². The molecular formula is C24H17ClN2O5S. The number of hydrogen-bond acceptors (Lipinski definition) is 7. The third-order valence-electron chi connectivity index (χ3n) is 4.62. The summed E-state index contributed by atoms with van der Waals surface area (Å²) in [6.07, 6.45) is 1.43. The number of fused-ring (bicyclic) bond motifs is 1. The molecule has 1 aromatic heterocycles. The average molecular weight is 481 g/mol. The average Bonchev–Trinajstić information content (AvgIpc) is 3.17. The summed E-state index contributed by atoms with van der Waals surface area (Å²) in [5.41, 5.74) is 3.36. The lowest BCUT2D eigenvalue weighted by Crippen LogP contribution is -2.17. The fourth-order valence-electron chi connectivity index (χ4n) is 2.98. The zero-order valence-electron chi connectivity index (χ0n) is 17.2. The predicted octanol–water partition coefficient (Wildman–Crippen LogP) is 5.25. The van der Waals surface area contributed by atoms with Gasteiger partial charge < -0.3 is 14.6 Å². The summed E-state index contributed by atoms with van der Waals surface area (Å²) in [5, 5.41) is 14.4. The quantitative estimate of drug-likeness (QED) is 0.170. The maximum absolute atomic E-state index is 12.7. The van der Waals surface area contributed by atoms with Crippen LogP contribution < -0.4 is 14.9 Å². The molecule has 0 fully saturated rings. The van der Waals surface area contributed by atoms with Crippen molar-refractivity contribution in [2.45, 2.75) is 0 Å². The lowest BCUT2D eigenvalue weighted by atomic mass is 10.2. The molecule has 0 saturated heterocycles. The molecule has 7 nitrogen and oxygen atoms in total. The highest BCUT2D eigenvalue weighted by molar-refractivity contribution is 7.21. The van der Waals surface area contributed by atoms with Crippen LogP contribution in [0.4, 0.5) is 0 Å². The Hall–Kier alpha value is -3.88. The van der Waals surface area contributed by atoms with E-state index in [1.54, 1.807) is 18.2 Å². The van der Waals surface area contributed by atoms with Crippen LogP contribution >= 0.6 is 22.9 Å². The molecule has 0 spiro atoms. The molecule has 1 heterocycles. The van der Waals surface area contributed by atoms with E-state index in [4.69, 9.17) is 21.1 Å². The molecule has 0 aliphatic carbocycles. The number of ether oxygens (including phenoxy) is 2. The monoisotopic (exact) mass is 480 g/mol. The van der Waals surface area contributed by atoms with Crippen molar-refractivity contribution in [3.63, 3.8) is 0 Å². The molecule has 166 valence electrons. The number of amides is 1. The van der Waals surface area contributed by atoms with Gasteiger partial charge >= 0.3 is 5.97 Å². The summed E-state index contributed by atoms with van der Waals surface area (Å²) in [6, 6.07) is 18.1. The normalized spacial score (nSPS) is 11.0. The van der Waals surface area contributed by atoms with Gasteiger partial charge in [-0.1, -0.05) is 29.8 Å². The van der Waals surface area contributed by atoms with Crippen LogP contribution in [0.15, 0.2) is 71.8 Å². The number of nitrogens with zero attached hydrogens (tertiary/aromatic N) is 1. The largest absolute Gasteiger partial charge is 0.508 e. The van der Waals surface area contributed by atoms with Gasteiger partial charge in [0, 0.05) is 15.6 Å². The predicted molar refractivity (Wildman–Crippen MR) is 128 cm³/mol. The lowest BCUT2D eigenvalue weighted by Gasteiger charge is -2.09. The molecule has 0 bridgehead atoms. The number of rotatable bonds is 6. The Balaban J connectivity index is 1.46. The van der Waals surface area contributed by atoms with E-state index in [1.807, 2.05) is 24.3 Å². The first kappa shape index (κ1) is 22.3. The highest BCUT2D eigenvalue weighted by atomic mass is 35.5. The van der Waals surface area contributed by atoms with Gasteiger partial charge in [-0.3, -0.25) is 4.79 Å². The number of esters is 1. The van der Waals surface area contributed by atoms with E-state index in [2.05, 4.69) is 10.5 Å². The Kier molecular flexibility index (Phi) is 6.58. The van der Waals surface area contributed by atoms with Crippen LogP contribution in [-0.4, -0.2) is 30.3 Å². The number of carbonyl (C=O) groups excluding carboxylic acids is 2. The van der Waals surface area contributed by atoms with Crippen LogP contribution in [0.5, 0.6) is 17.2 Å². The van der Waals surface area contributed by atoms with Gasteiger partial charge in [0.25, 0.3) is 5.91 Å². The molecule has 0 saturated carbocycles. The molecular weight excluding hydrogens is 464 g/mol. The topological polar surface area (TPSA) is 97.2 Å². The van der Waals surface area contributed by atoms with Gasteiger partial charge in [-0.2, -0.15) is 5.10 Å². The van der Waals surface area contributed by atoms with Crippen molar-refractivity contribution in [3.05, 3.63) is 87.8 Å². The first-order chi connectivity index (χ1) is 16.0. The van der Waals surface area contributed by atoms with Crippen molar-refractivity contribution in [1.29, 1.82) is 0 Å². The number of halogens is 1. The summed E-state index contributed by atoms with van der Waals surface area (Å²) >= 11 is 7.62. The van der Waals surface area contributed by atoms with Gasteiger partial charge in [-0.05, 0) is 54.1 Å². The Morgan fingerprint density at radius 3 is 2.55 bits per heavy atom. The van der Waals surface area contributed by atoms with Crippen LogP contribution in [0.25, 0.3) is 10.1 Å². The van der Waals surface area contributed by atoms with Gasteiger partial charge in [0.05, 0.1) is 18.3 Å². The highest BCUT2D eigenvalue weighted by Gasteiger charge is 2.20. The number of phenolic OH excluding ortho intramolecular Hbond substituents is 1. The van der Waals surface area contributed by atoms with Crippen molar-refractivity contribution in [1.82, 2.24) is 5.43 Å². The zero-order valence-corrected chi connectivity index (χ0v) is 18.8. The standard InChI is InChI=1S/C24H17ClN2O5S/c1-31-19-12-14(13-26-27-23(29)15-7-9-16(28)10-8-15)6-11-18(19)32-24(30)22-21(25)17-4-2-3-5-20(17)33-22/h2-13,28H,1H3,(H,27,29)/b26-13-. The maximum Gasteiger partial charge on any atom is 0.355 e. The van der Waals surface area contributed by atoms with Gasteiger partial charge in [0.15, 0.2) is 11.5 Å². The molecule has 4 rings (SSSR count). The summed E-state index contributed by atoms with van der Waals surface area (Å²) in [7, 11) is 1.45. The van der Waals surface area contributed by atoms with E-state index in [1.165, 1.54) is 48.9 Å². The van der Waals surface area contributed by atoms with Crippen molar-refractivity contribution in [2.75, 3.05) is 7.11 Å². The molecule has 2 N–H and O–H groups in total. The third-order valence-corrected chi connectivity index (χ3v) is 6.28. The molecule has 9 heteroatoms. The minimum Gasteiger partial charge on any atom is -0.508 e. The second-order valence-electron chi connectivity index (χ2n) is 6.79. The van der Waals surface area contributed by atoms with E-state index in [0.717, 1.165) is 10.1 Å². The number of methoxy groups -OCH3 is 1. The maximum atomic E-state index is 12.7. The minimum absolute atomic E-state index is 0.0672. The van der Waals surface area contributed by atoms with Crippen molar-refractivity contribution < 1.29 is 24.2 Å². The molecule has 0 aliphatic rings. The van der Waals surface area contributed by atoms with Crippen LogP contribution in [0.1, 0.15) is 25.6 Å². The highest BCUT2D eigenvalue weighted by Crippen LogP contribution is 2.37. The number of hydrogen-bond donors (Lipinski definition) is 2. The Bertz CT molecular complexity index is 1370. The second-order valence-corrected chi connectivity index (χ2v) is 8.22. The van der Waals surface area contributed by atoms with Crippen LogP contribution in [0.2, 0.25) is 5.02 Å². The Morgan fingerprint density at radius 1 is 1.06 bits per heavy atom. The second kappa shape index (κ2) is 9.72. The van der Waals surface area contributed by atoms with E-state index in [9.17, 15) is 14.7 Å². The van der Waals surface area contributed by atoms with E-state index in [-0.39, 0.29) is 11.5 Å². The van der Waals surface area contributed by atoms with E-state index >= 15 is 0 Å². The van der Waals surface area contributed by atoms with Gasteiger partial charge in [0.2, 0.25) is 0 Å². The summed E-state index contributed by atoms with van der Waals surface area (Å²) in [6.45, 7) is 0. The molecule has 0 aliphatic heterocycles. The zero-order chi connectivity index (χ0) is 23.4. The van der Waals surface area contributed by atoms with Crippen molar-refractivity contribution in [2.24, 2.45) is 5.10 Å². The Morgan fingerprint density at radius 2 is 1.82 bits per heavy atom. The smallest absolute Gasteiger partial charge is 0.355 e. The molecule has 0 radical (unpaired) electrons. The Labute approximate surface area is 197 Å². The van der Waals surface area contributed by atoms with Crippen LogP contribution in [0.3, 0.4) is 0 Å². The van der Waals surface area contributed by atoms with E-state index < -0.39 is 11.9 Å². The van der Waals surface area contributed by atoms with Gasteiger partial charge in [0.1, 0.15) is 10.6 Å². The summed E-state index contributed by atoms with van der Waals surface area (Å²) in [4.78, 5) is 25.1.